The van der Waals surface area contributed by atoms with Gasteiger partial charge in [0, 0.05) is 45.3 Å². The highest BCUT2D eigenvalue weighted by atomic mass is 16.4. The normalized spacial score (nSPS) is 17.0. The maximum Gasteiger partial charge on any atom is 0.372 e. The SMILES string of the molecule is C/C=C(/C(=O)O)N1CCCC1=O.C/C=C(/C(=O)O)N1CCCC1=O.CCC(=O)C(=O)O.O=C1CCCN1. The molecule has 4 N–H and O–H groups in total. The van der Waals surface area contributed by atoms with E-state index in [4.69, 9.17) is 15.3 Å². The van der Waals surface area contributed by atoms with Gasteiger partial charge in [0.05, 0.1) is 0 Å². The van der Waals surface area contributed by atoms with Crippen molar-refractivity contribution in [1.82, 2.24) is 15.1 Å². The van der Waals surface area contributed by atoms with Gasteiger partial charge in [-0.05, 0) is 33.1 Å². The maximum absolute atomic E-state index is 11.1. The molecule has 3 aliphatic rings. The number of carbonyl (C=O) groups is 7. The average Bonchev–Trinajstić information content (AvgIpc) is 3.59. The second-order valence-corrected chi connectivity index (χ2v) is 7.79. The van der Waals surface area contributed by atoms with Crippen molar-refractivity contribution < 1.29 is 48.9 Å². The van der Waals surface area contributed by atoms with E-state index < -0.39 is 23.7 Å². The molecule has 0 aromatic carbocycles. The molecule has 0 bridgehead atoms. The fourth-order valence-electron chi connectivity index (χ4n) is 3.31. The number of rotatable bonds is 6. The Morgan fingerprint density at radius 3 is 1.32 bits per heavy atom. The Hall–Kier alpha value is -4.03. The minimum Gasteiger partial charge on any atom is -0.477 e. The number of Topliss-reactive ketones (excluding diaryl/α,β-unsaturated/α-hetero) is 1. The lowest BCUT2D eigenvalue weighted by Crippen LogP contribution is -2.28. The Balaban J connectivity index is 0.000000487. The van der Waals surface area contributed by atoms with E-state index in [9.17, 15) is 33.6 Å². The monoisotopic (exact) mass is 525 g/mol. The molecule has 3 rings (SSSR count). The minimum atomic E-state index is -1.34. The highest BCUT2D eigenvalue weighted by Crippen LogP contribution is 2.16. The molecule has 0 atom stereocenters. The van der Waals surface area contributed by atoms with Gasteiger partial charge in [-0.1, -0.05) is 19.1 Å². The van der Waals surface area contributed by atoms with Gasteiger partial charge in [-0.25, -0.2) is 14.4 Å². The van der Waals surface area contributed by atoms with Crippen LogP contribution in [0, 0.1) is 0 Å². The van der Waals surface area contributed by atoms with Crippen LogP contribution in [0.5, 0.6) is 0 Å². The number of carbonyl (C=O) groups excluding carboxylic acids is 4. The number of hydrogen-bond donors (Lipinski definition) is 4. The Morgan fingerprint density at radius 2 is 1.19 bits per heavy atom. The van der Waals surface area contributed by atoms with Crippen LogP contribution in [0.25, 0.3) is 0 Å². The van der Waals surface area contributed by atoms with Crippen LogP contribution >= 0.6 is 0 Å². The molecule has 0 aliphatic carbocycles. The molecule has 0 aromatic rings. The first-order valence-corrected chi connectivity index (χ1v) is 11.8. The van der Waals surface area contributed by atoms with Crippen molar-refractivity contribution in [3.8, 4) is 0 Å². The molecule has 37 heavy (non-hydrogen) atoms. The van der Waals surface area contributed by atoms with Crippen molar-refractivity contribution in [2.75, 3.05) is 19.6 Å². The summed E-state index contributed by atoms with van der Waals surface area (Å²) in [5, 5.41) is 27.9. The summed E-state index contributed by atoms with van der Waals surface area (Å²) in [5.41, 5.74) is 0.190. The topological polar surface area (TPSA) is 199 Å². The molecular weight excluding hydrogens is 490 g/mol. The number of aliphatic carboxylic acids is 3. The number of allylic oxidation sites excluding steroid dienone is 2. The molecule has 0 unspecified atom stereocenters. The van der Waals surface area contributed by atoms with Gasteiger partial charge in [-0.2, -0.15) is 0 Å². The molecule has 0 saturated carbocycles. The smallest absolute Gasteiger partial charge is 0.372 e. The number of carboxylic acid groups (broad SMARTS) is 3. The van der Waals surface area contributed by atoms with Crippen molar-refractivity contribution in [3.63, 3.8) is 0 Å². The second-order valence-electron chi connectivity index (χ2n) is 7.79. The summed E-state index contributed by atoms with van der Waals surface area (Å²) in [6.07, 6.45) is 7.17. The number of amides is 3. The van der Waals surface area contributed by atoms with Crippen LogP contribution < -0.4 is 5.32 Å². The zero-order valence-electron chi connectivity index (χ0n) is 21.3. The van der Waals surface area contributed by atoms with E-state index in [0.717, 1.165) is 32.2 Å². The predicted octanol–water partition coefficient (Wildman–Crippen LogP) is 1.14. The zero-order chi connectivity index (χ0) is 28.5. The van der Waals surface area contributed by atoms with Gasteiger partial charge in [-0.15, -0.1) is 0 Å². The van der Waals surface area contributed by atoms with Gasteiger partial charge in [0.15, 0.2) is 0 Å². The van der Waals surface area contributed by atoms with Gasteiger partial charge >= 0.3 is 17.9 Å². The summed E-state index contributed by atoms with van der Waals surface area (Å²) >= 11 is 0. The number of nitrogens with one attached hydrogen (secondary N) is 1. The molecule has 3 fully saturated rings. The van der Waals surface area contributed by atoms with Gasteiger partial charge in [0.25, 0.3) is 0 Å². The van der Waals surface area contributed by atoms with Crippen LogP contribution in [0.2, 0.25) is 0 Å². The molecule has 3 heterocycles. The van der Waals surface area contributed by atoms with Crippen molar-refractivity contribution in [3.05, 3.63) is 23.5 Å². The first-order valence-electron chi connectivity index (χ1n) is 11.8. The van der Waals surface area contributed by atoms with E-state index in [1.165, 1.54) is 28.9 Å². The molecule has 3 amide bonds. The number of likely N-dealkylation sites (tertiary alicyclic amines) is 2. The quantitative estimate of drug-likeness (QED) is 0.288. The Labute approximate surface area is 214 Å². The van der Waals surface area contributed by atoms with Crippen LogP contribution in [0.4, 0.5) is 0 Å². The Kier molecular flexibility index (Phi) is 15.5. The van der Waals surface area contributed by atoms with Crippen molar-refractivity contribution >= 4 is 41.4 Å². The van der Waals surface area contributed by atoms with Crippen LogP contribution in [-0.2, 0) is 33.6 Å². The largest absolute Gasteiger partial charge is 0.477 e. The highest BCUT2D eigenvalue weighted by Gasteiger charge is 2.27. The molecule has 0 radical (unpaired) electrons. The first-order chi connectivity index (χ1) is 17.4. The fourth-order valence-corrected chi connectivity index (χ4v) is 3.31. The summed E-state index contributed by atoms with van der Waals surface area (Å²) in [6, 6.07) is 0. The van der Waals surface area contributed by atoms with Crippen LogP contribution in [0.1, 0.15) is 65.7 Å². The molecular formula is C24H35N3O10. The van der Waals surface area contributed by atoms with Crippen LogP contribution in [0.15, 0.2) is 23.5 Å². The van der Waals surface area contributed by atoms with Crippen LogP contribution in [0.3, 0.4) is 0 Å². The number of nitrogens with zero attached hydrogens (tertiary/aromatic N) is 2. The summed E-state index contributed by atoms with van der Waals surface area (Å²) in [5.74, 6) is -4.13. The van der Waals surface area contributed by atoms with E-state index in [1.807, 2.05) is 0 Å². The number of hydrogen-bond acceptors (Lipinski definition) is 7. The first kappa shape index (κ1) is 33.0. The number of carboxylic acids is 3. The summed E-state index contributed by atoms with van der Waals surface area (Å²) in [6.45, 7) is 6.70. The molecule has 3 saturated heterocycles. The lowest BCUT2D eigenvalue weighted by atomic mass is 10.3. The van der Waals surface area contributed by atoms with E-state index >= 15 is 0 Å². The van der Waals surface area contributed by atoms with Crippen molar-refractivity contribution in [2.24, 2.45) is 0 Å². The molecule has 13 nitrogen and oxygen atoms in total. The van der Waals surface area contributed by atoms with Gasteiger partial charge < -0.3 is 30.4 Å². The third-order valence-corrected chi connectivity index (χ3v) is 5.18. The Morgan fingerprint density at radius 1 is 0.757 bits per heavy atom. The van der Waals surface area contributed by atoms with Crippen LogP contribution in [-0.4, -0.2) is 86.2 Å². The summed E-state index contributed by atoms with van der Waals surface area (Å²) < 4.78 is 0. The van der Waals surface area contributed by atoms with E-state index in [-0.39, 0.29) is 35.5 Å². The second kappa shape index (κ2) is 17.4. The molecule has 206 valence electrons. The maximum atomic E-state index is 11.1. The van der Waals surface area contributed by atoms with Crippen molar-refractivity contribution in [2.45, 2.75) is 65.7 Å². The van der Waals surface area contributed by atoms with E-state index in [0.29, 0.717) is 25.9 Å². The van der Waals surface area contributed by atoms with Gasteiger partial charge in [-0.3, -0.25) is 19.2 Å². The average molecular weight is 526 g/mol. The third-order valence-electron chi connectivity index (χ3n) is 5.18. The Bertz CT molecular complexity index is 879. The van der Waals surface area contributed by atoms with E-state index in [1.54, 1.807) is 13.8 Å². The molecule has 0 spiro atoms. The van der Waals surface area contributed by atoms with Gasteiger partial charge in [0.2, 0.25) is 23.5 Å². The lowest BCUT2D eigenvalue weighted by molar-refractivity contribution is -0.148. The molecule has 3 aliphatic heterocycles. The molecule has 13 heteroatoms. The predicted molar refractivity (Wildman–Crippen MR) is 130 cm³/mol. The standard InChI is InChI=1S/2C8H11NO3.C4H7NO.C4H6O3/c2*1-2-6(8(11)12)9-5-3-4-7(9)10;6-4-2-1-3-5-4;1-2-3(5)4(6)7/h2*2H,3-5H2,1H3,(H,11,12);1-3H2,(H,5,6);2H2,1H3,(H,6,7)/b2*6-2-;;. The lowest BCUT2D eigenvalue weighted by Gasteiger charge is -2.14. The summed E-state index contributed by atoms with van der Waals surface area (Å²) in [4.78, 5) is 75.7. The minimum absolute atomic E-state index is 0.0787. The fraction of sp³-hybridized carbons (Fsp3) is 0.542. The zero-order valence-corrected chi connectivity index (χ0v) is 21.3. The summed E-state index contributed by atoms with van der Waals surface area (Å²) in [7, 11) is 0. The highest BCUT2D eigenvalue weighted by molar-refractivity contribution is 6.32. The van der Waals surface area contributed by atoms with E-state index in [2.05, 4.69) is 5.32 Å². The van der Waals surface area contributed by atoms with Crippen molar-refractivity contribution in [1.29, 1.82) is 0 Å². The van der Waals surface area contributed by atoms with Gasteiger partial charge in [0.1, 0.15) is 11.4 Å². The number of ketones is 1. The third kappa shape index (κ3) is 12.0. The molecule has 0 aromatic heterocycles.